The second-order valence-electron chi connectivity index (χ2n) is 7.49. The van der Waals surface area contributed by atoms with E-state index < -0.39 is 6.10 Å². The summed E-state index contributed by atoms with van der Waals surface area (Å²) in [6.07, 6.45) is 2.83. The molecule has 1 N–H and O–H groups in total. The Morgan fingerprint density at radius 2 is 2.09 bits per heavy atom. The number of amides is 1. The lowest BCUT2D eigenvalue weighted by atomic mass is 10.1. The van der Waals surface area contributed by atoms with Gasteiger partial charge in [-0.2, -0.15) is 5.10 Å². The molecule has 3 aromatic rings. The van der Waals surface area contributed by atoms with Crippen molar-refractivity contribution in [2.45, 2.75) is 25.9 Å². The summed E-state index contributed by atoms with van der Waals surface area (Å²) >= 11 is 1.41. The van der Waals surface area contributed by atoms with Crippen LogP contribution in [-0.2, 0) is 16.0 Å². The molecule has 4 rings (SSSR count). The van der Waals surface area contributed by atoms with Gasteiger partial charge in [0.1, 0.15) is 10.8 Å². The zero-order chi connectivity index (χ0) is 22.3. The molecule has 0 bridgehead atoms. The van der Waals surface area contributed by atoms with Crippen LogP contribution >= 0.6 is 11.3 Å². The Hall–Kier alpha value is -3.11. The molecule has 2 atom stereocenters. The van der Waals surface area contributed by atoms with E-state index in [4.69, 9.17) is 9.47 Å². The summed E-state index contributed by atoms with van der Waals surface area (Å²) in [5, 5.41) is 20.8. The van der Waals surface area contributed by atoms with E-state index in [1.54, 1.807) is 13.3 Å². The SMILES string of the molecule is CCO[C@H](C(=O)Nc1nnc(C[C@@H]2CCN(c3cccnn3)C2)s1)c1ccc(OC)cc1. The van der Waals surface area contributed by atoms with Gasteiger partial charge in [-0.15, -0.1) is 15.3 Å². The van der Waals surface area contributed by atoms with Crippen LogP contribution < -0.4 is 15.0 Å². The fourth-order valence-corrected chi connectivity index (χ4v) is 4.60. The van der Waals surface area contributed by atoms with Gasteiger partial charge < -0.3 is 14.4 Å². The summed E-state index contributed by atoms with van der Waals surface area (Å²) in [5.74, 6) is 1.82. The molecular formula is C22H26N6O3S. The number of ether oxygens (including phenoxy) is 2. The monoisotopic (exact) mass is 454 g/mol. The van der Waals surface area contributed by atoms with Crippen molar-refractivity contribution in [2.24, 2.45) is 5.92 Å². The molecule has 0 unspecified atom stereocenters. The average Bonchev–Trinajstić information content (AvgIpc) is 3.48. The van der Waals surface area contributed by atoms with E-state index >= 15 is 0 Å². The standard InChI is InChI=1S/C22H26N6O3S/c1-3-31-20(16-6-8-17(30-2)9-7-16)21(29)24-22-27-26-19(32-22)13-15-10-12-28(14-15)18-5-4-11-23-25-18/h4-9,11,15,20H,3,10,12-14H2,1-2H3,(H,24,27,29)/t15-,20-/m0/s1. The van der Waals surface area contributed by atoms with Crippen LogP contribution in [0.4, 0.5) is 10.9 Å². The van der Waals surface area contributed by atoms with Crippen molar-refractivity contribution < 1.29 is 14.3 Å². The second-order valence-corrected chi connectivity index (χ2v) is 8.55. The van der Waals surface area contributed by atoms with Crippen molar-refractivity contribution in [2.75, 3.05) is 37.0 Å². The predicted octanol–water partition coefficient (Wildman–Crippen LogP) is 3.12. The lowest BCUT2D eigenvalue weighted by Gasteiger charge is -2.16. The zero-order valence-corrected chi connectivity index (χ0v) is 18.9. The number of nitrogens with zero attached hydrogens (tertiary/aromatic N) is 5. The van der Waals surface area contributed by atoms with E-state index in [0.717, 1.165) is 48.1 Å². The number of hydrogen-bond donors (Lipinski definition) is 1. The van der Waals surface area contributed by atoms with Crippen LogP contribution in [0.3, 0.4) is 0 Å². The minimum Gasteiger partial charge on any atom is -0.497 e. The molecule has 0 radical (unpaired) electrons. The van der Waals surface area contributed by atoms with Crippen LogP contribution in [0.5, 0.6) is 5.75 Å². The third-order valence-corrected chi connectivity index (χ3v) is 6.18. The quantitative estimate of drug-likeness (QED) is 0.526. The van der Waals surface area contributed by atoms with Crippen molar-refractivity contribution >= 4 is 28.2 Å². The van der Waals surface area contributed by atoms with Crippen LogP contribution in [0.15, 0.2) is 42.6 Å². The number of rotatable bonds is 9. The van der Waals surface area contributed by atoms with Crippen molar-refractivity contribution in [3.63, 3.8) is 0 Å². The van der Waals surface area contributed by atoms with Gasteiger partial charge in [-0.3, -0.25) is 10.1 Å². The number of anilines is 2. The fraction of sp³-hybridized carbons (Fsp3) is 0.409. The molecule has 168 valence electrons. The predicted molar refractivity (Wildman–Crippen MR) is 122 cm³/mol. The molecule has 0 aliphatic carbocycles. The first kappa shape index (κ1) is 22.1. The van der Waals surface area contributed by atoms with Gasteiger partial charge in [0, 0.05) is 32.3 Å². The molecular weight excluding hydrogens is 428 g/mol. The summed E-state index contributed by atoms with van der Waals surface area (Å²) in [6.45, 7) is 4.13. The second kappa shape index (κ2) is 10.5. The Labute approximate surface area is 190 Å². The third kappa shape index (κ3) is 5.38. The van der Waals surface area contributed by atoms with Crippen LogP contribution in [0.1, 0.15) is 30.0 Å². The van der Waals surface area contributed by atoms with Crippen LogP contribution in [0.2, 0.25) is 0 Å². The van der Waals surface area contributed by atoms with Crippen LogP contribution in [-0.4, -0.2) is 53.1 Å². The van der Waals surface area contributed by atoms with E-state index in [9.17, 15) is 4.79 Å². The summed E-state index contributed by atoms with van der Waals surface area (Å²) in [7, 11) is 1.60. The number of benzene rings is 1. The number of aromatic nitrogens is 4. The Bertz CT molecular complexity index is 1010. The largest absolute Gasteiger partial charge is 0.497 e. The minimum absolute atomic E-state index is 0.269. The van der Waals surface area contributed by atoms with Crippen LogP contribution in [0, 0.1) is 5.92 Å². The van der Waals surface area contributed by atoms with E-state index in [-0.39, 0.29) is 5.91 Å². The van der Waals surface area contributed by atoms with Crippen molar-refractivity contribution in [1.29, 1.82) is 0 Å². The van der Waals surface area contributed by atoms with E-state index in [2.05, 4.69) is 30.6 Å². The smallest absolute Gasteiger partial charge is 0.259 e. The Morgan fingerprint density at radius 1 is 1.25 bits per heavy atom. The van der Waals surface area contributed by atoms with Gasteiger partial charge in [0.05, 0.1) is 7.11 Å². The Morgan fingerprint density at radius 3 is 2.81 bits per heavy atom. The average molecular weight is 455 g/mol. The molecule has 0 saturated carbocycles. The molecule has 1 fully saturated rings. The van der Waals surface area contributed by atoms with Crippen molar-refractivity contribution in [3.05, 3.63) is 53.2 Å². The van der Waals surface area contributed by atoms with Gasteiger partial charge in [0.2, 0.25) is 5.13 Å². The number of carbonyl (C=O) groups is 1. The first-order chi connectivity index (χ1) is 15.7. The number of carbonyl (C=O) groups excluding carboxylic acids is 1. The fourth-order valence-electron chi connectivity index (χ4n) is 3.74. The molecule has 9 nitrogen and oxygen atoms in total. The normalized spacial score (nSPS) is 16.7. The highest BCUT2D eigenvalue weighted by molar-refractivity contribution is 7.15. The first-order valence-electron chi connectivity index (χ1n) is 10.6. The molecule has 2 aromatic heterocycles. The lowest BCUT2D eigenvalue weighted by molar-refractivity contribution is -0.127. The maximum absolute atomic E-state index is 12.9. The summed E-state index contributed by atoms with van der Waals surface area (Å²) in [5.41, 5.74) is 0.755. The molecule has 0 spiro atoms. The minimum atomic E-state index is -0.728. The Balaban J connectivity index is 1.35. The molecule has 1 aliphatic rings. The highest BCUT2D eigenvalue weighted by Gasteiger charge is 2.26. The number of hydrogen-bond acceptors (Lipinski definition) is 9. The van der Waals surface area contributed by atoms with Gasteiger partial charge in [-0.1, -0.05) is 23.5 Å². The number of methoxy groups -OCH3 is 1. The highest BCUT2D eigenvalue weighted by Crippen LogP contribution is 2.28. The summed E-state index contributed by atoms with van der Waals surface area (Å²) in [4.78, 5) is 15.1. The summed E-state index contributed by atoms with van der Waals surface area (Å²) in [6, 6.07) is 11.1. The first-order valence-corrected chi connectivity index (χ1v) is 11.4. The van der Waals surface area contributed by atoms with Crippen LogP contribution in [0.25, 0.3) is 0 Å². The van der Waals surface area contributed by atoms with Gasteiger partial charge in [0.25, 0.3) is 5.91 Å². The topological polar surface area (TPSA) is 102 Å². The van der Waals surface area contributed by atoms with Crippen molar-refractivity contribution in [1.82, 2.24) is 20.4 Å². The molecule has 10 heteroatoms. The van der Waals surface area contributed by atoms with E-state index in [1.165, 1.54) is 11.3 Å². The van der Waals surface area contributed by atoms with Gasteiger partial charge >= 0.3 is 0 Å². The van der Waals surface area contributed by atoms with Gasteiger partial charge in [-0.25, -0.2) is 0 Å². The molecule has 3 heterocycles. The maximum atomic E-state index is 12.9. The zero-order valence-electron chi connectivity index (χ0n) is 18.1. The molecule has 1 amide bonds. The van der Waals surface area contributed by atoms with Crippen molar-refractivity contribution in [3.8, 4) is 5.75 Å². The lowest BCUT2D eigenvalue weighted by Crippen LogP contribution is -2.23. The van der Waals surface area contributed by atoms with Gasteiger partial charge in [-0.05, 0) is 49.1 Å². The molecule has 1 aliphatic heterocycles. The maximum Gasteiger partial charge on any atom is 0.259 e. The molecule has 1 aromatic carbocycles. The van der Waals surface area contributed by atoms with E-state index in [1.807, 2.05) is 43.3 Å². The molecule has 32 heavy (non-hydrogen) atoms. The molecule has 1 saturated heterocycles. The number of nitrogens with one attached hydrogen (secondary N) is 1. The Kier molecular flexibility index (Phi) is 7.23. The summed E-state index contributed by atoms with van der Waals surface area (Å²) < 4.78 is 10.9. The highest BCUT2D eigenvalue weighted by atomic mass is 32.1. The van der Waals surface area contributed by atoms with E-state index in [0.29, 0.717) is 17.7 Å². The van der Waals surface area contributed by atoms with Gasteiger partial charge in [0.15, 0.2) is 11.9 Å². The third-order valence-electron chi connectivity index (χ3n) is 5.32.